The van der Waals surface area contributed by atoms with Gasteiger partial charge in [-0.3, -0.25) is 15.0 Å². The van der Waals surface area contributed by atoms with Crippen LogP contribution in [0.1, 0.15) is 11.1 Å². The highest BCUT2D eigenvalue weighted by Gasteiger charge is 2.30. The molecule has 5 aromatic rings. The number of nitrogens with zero attached hydrogens (tertiary/aromatic N) is 3. The van der Waals surface area contributed by atoms with Gasteiger partial charge in [0.25, 0.3) is 0 Å². The van der Waals surface area contributed by atoms with Crippen LogP contribution in [-0.4, -0.2) is 52.8 Å². The maximum atomic E-state index is 13.1. The molecule has 0 radical (unpaired) electrons. The zero-order valence-corrected chi connectivity index (χ0v) is 19.8. The number of hydrogen-bond donors (Lipinski definition) is 2. The summed E-state index contributed by atoms with van der Waals surface area (Å²) < 4.78 is 44.5. The lowest BCUT2D eigenvalue weighted by atomic mass is 10.0. The highest BCUT2D eigenvalue weighted by Crippen LogP contribution is 2.34. The predicted molar refractivity (Wildman–Crippen MR) is 136 cm³/mol. The molecule has 6 rings (SSSR count). The Balaban J connectivity index is 1.11. The predicted octanol–water partition coefficient (Wildman–Crippen LogP) is 5.05. The Labute approximate surface area is 209 Å². The van der Waals surface area contributed by atoms with Gasteiger partial charge in [0.15, 0.2) is 11.4 Å². The third-order valence-corrected chi connectivity index (χ3v) is 6.94. The van der Waals surface area contributed by atoms with Crippen LogP contribution in [0.15, 0.2) is 69.9 Å². The number of fused-ring (bicyclic) bond motifs is 2. The van der Waals surface area contributed by atoms with Gasteiger partial charge < -0.3 is 9.32 Å². The van der Waals surface area contributed by atoms with Crippen molar-refractivity contribution in [1.82, 2.24) is 20.1 Å². The number of nitrogens with one attached hydrogen (secondary N) is 2. The Morgan fingerprint density at radius 2 is 1.73 bits per heavy atom. The van der Waals surface area contributed by atoms with E-state index in [1.807, 2.05) is 36.4 Å². The molecular weight excluding hydrogens is 483 g/mol. The molecule has 3 aromatic carbocycles. The van der Waals surface area contributed by atoms with Crippen molar-refractivity contribution < 1.29 is 17.6 Å². The van der Waals surface area contributed by atoms with E-state index < -0.39 is 17.5 Å². The number of piperazine rings is 1. The van der Waals surface area contributed by atoms with Crippen LogP contribution >= 0.6 is 0 Å². The SMILES string of the molecule is O=c1[nH]c2ccc(CCN3CCN(c4n[nH]c5cc(-c6cccc(C(F)(F)F)c6)ccc45)CC3)cc2o1. The largest absolute Gasteiger partial charge is 0.417 e. The van der Waals surface area contributed by atoms with Gasteiger partial charge in [-0.1, -0.05) is 24.3 Å². The lowest BCUT2D eigenvalue weighted by molar-refractivity contribution is -0.137. The number of hydrogen-bond acceptors (Lipinski definition) is 5. The van der Waals surface area contributed by atoms with Crippen molar-refractivity contribution in [3.8, 4) is 11.1 Å². The van der Waals surface area contributed by atoms with Gasteiger partial charge in [0.1, 0.15) is 0 Å². The standard InChI is InChI=1S/C27H24F3N5O2/c28-27(29,30)20-3-1-2-18(15-20)19-5-6-21-23(16-19)32-33-25(21)35-12-10-34(11-13-35)9-8-17-4-7-22-24(14-17)37-26(36)31-22/h1-7,14-16H,8-13H2,(H,31,36)(H,32,33). The molecule has 2 N–H and O–H groups in total. The summed E-state index contributed by atoms with van der Waals surface area (Å²) >= 11 is 0. The number of anilines is 1. The van der Waals surface area contributed by atoms with Gasteiger partial charge >= 0.3 is 11.9 Å². The zero-order valence-electron chi connectivity index (χ0n) is 19.8. The molecule has 1 saturated heterocycles. The van der Waals surface area contributed by atoms with Crippen LogP contribution in [-0.2, 0) is 12.6 Å². The molecular formula is C27H24F3N5O2. The molecule has 1 aliphatic rings. The summed E-state index contributed by atoms with van der Waals surface area (Å²) in [6.45, 7) is 4.31. The minimum Gasteiger partial charge on any atom is -0.408 e. The summed E-state index contributed by atoms with van der Waals surface area (Å²) in [7, 11) is 0. The molecule has 3 heterocycles. The number of halogens is 3. The minimum absolute atomic E-state index is 0.443. The fourth-order valence-corrected chi connectivity index (χ4v) is 4.92. The maximum absolute atomic E-state index is 13.1. The summed E-state index contributed by atoms with van der Waals surface area (Å²) in [5, 5.41) is 8.53. The smallest absolute Gasteiger partial charge is 0.408 e. The molecule has 0 atom stereocenters. The molecule has 0 unspecified atom stereocenters. The minimum atomic E-state index is -4.38. The number of oxazole rings is 1. The first kappa shape index (κ1) is 23.4. The van der Waals surface area contributed by atoms with Crippen molar-refractivity contribution in [1.29, 1.82) is 0 Å². The topological polar surface area (TPSA) is 81.2 Å². The molecule has 0 spiro atoms. The van der Waals surface area contributed by atoms with Gasteiger partial charge in [-0.05, 0) is 59.5 Å². The molecule has 1 aliphatic heterocycles. The second-order valence-corrected chi connectivity index (χ2v) is 9.31. The van der Waals surface area contributed by atoms with Crippen molar-refractivity contribution in [3.05, 3.63) is 82.3 Å². The van der Waals surface area contributed by atoms with Crippen molar-refractivity contribution >= 4 is 27.8 Å². The van der Waals surface area contributed by atoms with Gasteiger partial charge in [0.05, 0.1) is 16.6 Å². The second kappa shape index (κ2) is 9.11. The number of H-pyrrole nitrogens is 2. The molecule has 0 saturated carbocycles. The van der Waals surface area contributed by atoms with Crippen LogP contribution in [0.25, 0.3) is 33.1 Å². The number of aromatic amines is 2. The average Bonchev–Trinajstić information content (AvgIpc) is 3.49. The Bertz CT molecular complexity index is 1630. The monoisotopic (exact) mass is 507 g/mol. The van der Waals surface area contributed by atoms with E-state index >= 15 is 0 Å². The molecule has 37 heavy (non-hydrogen) atoms. The van der Waals surface area contributed by atoms with Gasteiger partial charge in [0.2, 0.25) is 0 Å². The third-order valence-electron chi connectivity index (χ3n) is 6.94. The average molecular weight is 508 g/mol. The molecule has 0 aliphatic carbocycles. The Morgan fingerprint density at radius 1 is 0.919 bits per heavy atom. The van der Waals surface area contributed by atoms with E-state index in [0.717, 1.165) is 67.5 Å². The molecule has 2 aromatic heterocycles. The van der Waals surface area contributed by atoms with E-state index in [1.54, 1.807) is 6.07 Å². The van der Waals surface area contributed by atoms with E-state index in [2.05, 4.69) is 25.0 Å². The Kier molecular flexibility index (Phi) is 5.75. The van der Waals surface area contributed by atoms with Crippen LogP contribution in [0, 0.1) is 0 Å². The van der Waals surface area contributed by atoms with Gasteiger partial charge in [-0.2, -0.15) is 18.3 Å². The van der Waals surface area contributed by atoms with E-state index in [4.69, 9.17) is 4.42 Å². The molecule has 1 fully saturated rings. The summed E-state index contributed by atoms with van der Waals surface area (Å²) in [5.74, 6) is 0.416. The lowest BCUT2D eigenvalue weighted by Crippen LogP contribution is -2.47. The molecule has 10 heteroatoms. The van der Waals surface area contributed by atoms with Crippen molar-refractivity contribution in [2.75, 3.05) is 37.6 Å². The maximum Gasteiger partial charge on any atom is 0.417 e. The number of rotatable bonds is 5. The van der Waals surface area contributed by atoms with Gasteiger partial charge in [-0.15, -0.1) is 0 Å². The van der Waals surface area contributed by atoms with E-state index in [-0.39, 0.29) is 0 Å². The van der Waals surface area contributed by atoms with Crippen molar-refractivity contribution in [2.24, 2.45) is 0 Å². The number of aromatic nitrogens is 3. The van der Waals surface area contributed by atoms with Crippen LogP contribution < -0.4 is 10.7 Å². The van der Waals surface area contributed by atoms with E-state index in [9.17, 15) is 18.0 Å². The fourth-order valence-electron chi connectivity index (χ4n) is 4.92. The van der Waals surface area contributed by atoms with E-state index in [0.29, 0.717) is 22.2 Å². The van der Waals surface area contributed by atoms with Crippen LogP contribution in [0.2, 0.25) is 0 Å². The number of benzene rings is 3. The summed E-state index contributed by atoms with van der Waals surface area (Å²) in [6.07, 6.45) is -3.52. The first-order valence-corrected chi connectivity index (χ1v) is 12.1. The van der Waals surface area contributed by atoms with Gasteiger partial charge in [-0.25, -0.2) is 4.79 Å². The van der Waals surface area contributed by atoms with Crippen LogP contribution in [0.3, 0.4) is 0 Å². The van der Waals surface area contributed by atoms with Crippen LogP contribution in [0.4, 0.5) is 19.0 Å². The quantitative estimate of drug-likeness (QED) is 0.348. The van der Waals surface area contributed by atoms with Gasteiger partial charge in [0, 0.05) is 38.1 Å². The normalized spacial score (nSPS) is 15.2. The second-order valence-electron chi connectivity index (χ2n) is 9.31. The lowest BCUT2D eigenvalue weighted by Gasteiger charge is -2.35. The fraction of sp³-hybridized carbons (Fsp3) is 0.259. The molecule has 7 nitrogen and oxygen atoms in total. The summed E-state index contributed by atoms with van der Waals surface area (Å²) in [5.41, 5.74) is 3.75. The Morgan fingerprint density at radius 3 is 2.54 bits per heavy atom. The first-order chi connectivity index (χ1) is 17.8. The van der Waals surface area contributed by atoms with Crippen molar-refractivity contribution in [3.63, 3.8) is 0 Å². The summed E-state index contributed by atoms with van der Waals surface area (Å²) in [6, 6.07) is 16.8. The highest BCUT2D eigenvalue weighted by molar-refractivity contribution is 5.93. The van der Waals surface area contributed by atoms with E-state index in [1.165, 1.54) is 12.1 Å². The number of alkyl halides is 3. The van der Waals surface area contributed by atoms with Crippen LogP contribution in [0.5, 0.6) is 0 Å². The third kappa shape index (κ3) is 4.72. The highest BCUT2D eigenvalue weighted by atomic mass is 19.4. The first-order valence-electron chi connectivity index (χ1n) is 12.1. The molecule has 0 bridgehead atoms. The molecule has 190 valence electrons. The summed E-state index contributed by atoms with van der Waals surface area (Å²) in [4.78, 5) is 18.6. The zero-order chi connectivity index (χ0) is 25.6. The molecule has 0 amide bonds. The van der Waals surface area contributed by atoms with Crippen molar-refractivity contribution in [2.45, 2.75) is 12.6 Å². The Hall–Kier alpha value is -4.05.